The van der Waals surface area contributed by atoms with E-state index in [2.05, 4.69) is 5.32 Å². The molecule has 0 heterocycles. The van der Waals surface area contributed by atoms with Crippen LogP contribution in [0.2, 0.25) is 0 Å². The molecule has 74 valence electrons. The van der Waals surface area contributed by atoms with Crippen molar-refractivity contribution in [3.05, 3.63) is 0 Å². The van der Waals surface area contributed by atoms with Gasteiger partial charge in [-0.05, 0) is 26.1 Å². The second kappa shape index (κ2) is 6.69. The molecule has 0 aliphatic rings. The molecular formula is C8H18FNOS. The quantitative estimate of drug-likeness (QED) is 0.596. The zero-order valence-electron chi connectivity index (χ0n) is 7.77. The molecule has 0 aromatic heterocycles. The van der Waals surface area contributed by atoms with Crippen LogP contribution in [0.5, 0.6) is 0 Å². The van der Waals surface area contributed by atoms with Crippen molar-refractivity contribution in [1.29, 1.82) is 0 Å². The largest absolute Gasteiger partial charge is 0.388 e. The van der Waals surface area contributed by atoms with Gasteiger partial charge < -0.3 is 10.4 Å². The lowest BCUT2D eigenvalue weighted by molar-refractivity contribution is 0.0848. The van der Waals surface area contributed by atoms with Crippen molar-refractivity contribution in [2.24, 2.45) is 0 Å². The average molecular weight is 195 g/mol. The van der Waals surface area contributed by atoms with Crippen LogP contribution < -0.4 is 5.32 Å². The second-order valence-electron chi connectivity index (χ2n) is 3.15. The summed E-state index contributed by atoms with van der Waals surface area (Å²) >= 11 is 1.61. The van der Waals surface area contributed by atoms with Crippen LogP contribution in [-0.2, 0) is 0 Å². The minimum absolute atomic E-state index is 0.294. The van der Waals surface area contributed by atoms with Crippen LogP contribution in [0.4, 0.5) is 4.39 Å². The molecule has 1 atom stereocenters. The third kappa shape index (κ3) is 6.88. The van der Waals surface area contributed by atoms with Crippen molar-refractivity contribution in [2.75, 3.05) is 31.8 Å². The van der Waals surface area contributed by atoms with Crippen LogP contribution in [0.25, 0.3) is 0 Å². The van der Waals surface area contributed by atoms with E-state index >= 15 is 0 Å². The van der Waals surface area contributed by atoms with Crippen molar-refractivity contribution in [2.45, 2.75) is 18.9 Å². The van der Waals surface area contributed by atoms with E-state index in [0.717, 1.165) is 0 Å². The molecule has 0 aromatic rings. The molecular weight excluding hydrogens is 177 g/mol. The molecule has 0 amide bonds. The Hall–Kier alpha value is 0.200. The minimum atomic E-state index is -0.671. The first-order valence-electron chi connectivity index (χ1n) is 4.10. The number of halogens is 1. The van der Waals surface area contributed by atoms with E-state index in [1.807, 2.05) is 6.26 Å². The molecule has 12 heavy (non-hydrogen) atoms. The molecule has 1 unspecified atom stereocenters. The summed E-state index contributed by atoms with van der Waals surface area (Å²) in [7, 11) is 0. The Morgan fingerprint density at radius 3 is 2.75 bits per heavy atom. The van der Waals surface area contributed by atoms with E-state index in [1.54, 1.807) is 18.7 Å². The van der Waals surface area contributed by atoms with Crippen molar-refractivity contribution in [1.82, 2.24) is 5.32 Å². The summed E-state index contributed by atoms with van der Waals surface area (Å²) in [4.78, 5) is 0. The minimum Gasteiger partial charge on any atom is -0.388 e. The predicted molar refractivity (Wildman–Crippen MR) is 52.5 cm³/mol. The van der Waals surface area contributed by atoms with Gasteiger partial charge in [0, 0.05) is 12.3 Å². The Morgan fingerprint density at radius 1 is 1.58 bits per heavy atom. The zero-order chi connectivity index (χ0) is 9.45. The molecule has 0 aliphatic heterocycles. The maximum atomic E-state index is 11.7. The first kappa shape index (κ1) is 12.2. The van der Waals surface area contributed by atoms with Crippen molar-refractivity contribution < 1.29 is 9.50 Å². The van der Waals surface area contributed by atoms with Gasteiger partial charge in [0.25, 0.3) is 0 Å². The summed E-state index contributed by atoms with van der Waals surface area (Å²) in [5, 5.41) is 12.6. The summed E-state index contributed by atoms with van der Waals surface area (Å²) in [6.45, 7) is 2.67. The third-order valence-corrected chi connectivity index (χ3v) is 2.36. The second-order valence-corrected chi connectivity index (χ2v) is 4.02. The smallest absolute Gasteiger partial charge is 0.0906 e. The van der Waals surface area contributed by atoms with Crippen molar-refractivity contribution in [3.63, 3.8) is 0 Å². The van der Waals surface area contributed by atoms with E-state index in [1.165, 1.54) is 0 Å². The fourth-order valence-corrected chi connectivity index (χ4v) is 1.64. The highest BCUT2D eigenvalue weighted by molar-refractivity contribution is 7.98. The van der Waals surface area contributed by atoms with Gasteiger partial charge in [0.1, 0.15) is 0 Å². The number of rotatable bonds is 7. The molecule has 0 radical (unpaired) electrons. The maximum Gasteiger partial charge on any atom is 0.0906 e. The summed E-state index contributed by atoms with van der Waals surface area (Å²) in [5.41, 5.74) is -0.671. The van der Waals surface area contributed by atoms with Crippen LogP contribution in [0.15, 0.2) is 0 Å². The molecule has 0 saturated carbocycles. The lowest BCUT2D eigenvalue weighted by Gasteiger charge is -2.22. The highest BCUT2D eigenvalue weighted by atomic mass is 32.2. The molecule has 2 N–H and O–H groups in total. The van der Waals surface area contributed by atoms with E-state index in [0.29, 0.717) is 25.3 Å². The van der Waals surface area contributed by atoms with Gasteiger partial charge in [-0.25, -0.2) is 0 Å². The number of hydrogen-bond donors (Lipinski definition) is 2. The molecule has 0 bridgehead atoms. The van der Waals surface area contributed by atoms with E-state index < -0.39 is 5.60 Å². The Kier molecular flexibility index (Phi) is 6.80. The van der Waals surface area contributed by atoms with Gasteiger partial charge in [0.2, 0.25) is 0 Å². The van der Waals surface area contributed by atoms with Crippen LogP contribution in [0.3, 0.4) is 0 Å². The van der Waals surface area contributed by atoms with Crippen LogP contribution in [0, 0.1) is 0 Å². The SMILES string of the molecule is CSCC(C)(O)CNCCCF. The number of aliphatic hydroxyl groups is 1. The normalized spacial score (nSPS) is 16.0. The molecule has 0 fully saturated rings. The summed E-state index contributed by atoms with van der Waals surface area (Å²) in [6.07, 6.45) is 2.48. The van der Waals surface area contributed by atoms with Gasteiger partial charge in [-0.2, -0.15) is 11.8 Å². The number of hydrogen-bond acceptors (Lipinski definition) is 3. The van der Waals surface area contributed by atoms with Gasteiger partial charge in [0.15, 0.2) is 0 Å². The molecule has 0 rings (SSSR count). The topological polar surface area (TPSA) is 32.3 Å². The number of nitrogens with one attached hydrogen (secondary N) is 1. The first-order valence-corrected chi connectivity index (χ1v) is 5.50. The fraction of sp³-hybridized carbons (Fsp3) is 1.00. The molecule has 2 nitrogen and oxygen atoms in total. The molecule has 0 spiro atoms. The van der Waals surface area contributed by atoms with Crippen LogP contribution >= 0.6 is 11.8 Å². The van der Waals surface area contributed by atoms with E-state index in [4.69, 9.17) is 0 Å². The van der Waals surface area contributed by atoms with Crippen molar-refractivity contribution >= 4 is 11.8 Å². The standard InChI is InChI=1S/C8H18FNOS/c1-8(11,7-12-2)6-10-5-3-4-9/h10-11H,3-7H2,1-2H3. The fourth-order valence-electron chi connectivity index (χ4n) is 0.911. The number of thioether (sulfide) groups is 1. The molecule has 0 saturated heterocycles. The van der Waals surface area contributed by atoms with E-state index in [9.17, 15) is 9.50 Å². The number of alkyl halides is 1. The molecule has 0 aromatic carbocycles. The molecule has 0 aliphatic carbocycles. The Labute approximate surface area is 77.9 Å². The van der Waals surface area contributed by atoms with Crippen LogP contribution in [-0.4, -0.2) is 42.5 Å². The monoisotopic (exact) mass is 195 g/mol. The highest BCUT2D eigenvalue weighted by Gasteiger charge is 2.18. The highest BCUT2D eigenvalue weighted by Crippen LogP contribution is 2.08. The maximum absolute atomic E-state index is 11.7. The lowest BCUT2D eigenvalue weighted by Crippen LogP contribution is -2.40. The van der Waals surface area contributed by atoms with Gasteiger partial charge in [0.05, 0.1) is 12.3 Å². The van der Waals surface area contributed by atoms with Crippen molar-refractivity contribution in [3.8, 4) is 0 Å². The Bertz CT molecular complexity index is 111. The Balaban J connectivity index is 3.33. The lowest BCUT2D eigenvalue weighted by atomic mass is 10.1. The Morgan fingerprint density at radius 2 is 2.25 bits per heavy atom. The van der Waals surface area contributed by atoms with E-state index in [-0.39, 0.29) is 6.67 Å². The predicted octanol–water partition coefficient (Wildman–Crippen LogP) is 1.05. The van der Waals surface area contributed by atoms with Gasteiger partial charge in [-0.3, -0.25) is 4.39 Å². The third-order valence-electron chi connectivity index (χ3n) is 1.45. The van der Waals surface area contributed by atoms with Crippen LogP contribution in [0.1, 0.15) is 13.3 Å². The summed E-state index contributed by atoms with van der Waals surface area (Å²) < 4.78 is 11.7. The summed E-state index contributed by atoms with van der Waals surface area (Å²) in [6, 6.07) is 0. The average Bonchev–Trinajstić information content (AvgIpc) is 1.98. The first-order chi connectivity index (χ1) is 5.62. The zero-order valence-corrected chi connectivity index (χ0v) is 8.59. The molecule has 4 heteroatoms. The van der Waals surface area contributed by atoms with Gasteiger partial charge in [-0.15, -0.1) is 0 Å². The summed E-state index contributed by atoms with van der Waals surface area (Å²) in [5.74, 6) is 0.704. The van der Waals surface area contributed by atoms with Gasteiger partial charge in [-0.1, -0.05) is 0 Å². The van der Waals surface area contributed by atoms with Gasteiger partial charge >= 0.3 is 0 Å².